The Kier molecular flexibility index (Phi) is 4.73. The highest BCUT2D eigenvalue weighted by Gasteiger charge is 2.22. The molecule has 0 unspecified atom stereocenters. The number of nitrogens with zero attached hydrogens (tertiary/aromatic N) is 2. The maximum atomic E-state index is 12.5. The van der Waals surface area contributed by atoms with Gasteiger partial charge in [-0.1, -0.05) is 28.1 Å². The summed E-state index contributed by atoms with van der Waals surface area (Å²) in [6.45, 7) is 4.49. The van der Waals surface area contributed by atoms with Gasteiger partial charge in [0.15, 0.2) is 0 Å². The number of rotatable bonds is 3. The van der Waals surface area contributed by atoms with Crippen molar-refractivity contribution >= 4 is 33.2 Å². The molecule has 1 aromatic carbocycles. The van der Waals surface area contributed by atoms with E-state index in [1.54, 1.807) is 11.3 Å². The van der Waals surface area contributed by atoms with Crippen LogP contribution in [0.25, 0.3) is 0 Å². The van der Waals surface area contributed by atoms with Crippen molar-refractivity contribution in [3.8, 4) is 0 Å². The molecular weight excluding hydrogens is 348 g/mol. The topological polar surface area (TPSA) is 23.6 Å². The lowest BCUT2D eigenvalue weighted by Gasteiger charge is -2.34. The Hall–Kier alpha value is -1.17. The van der Waals surface area contributed by atoms with Gasteiger partial charge in [-0.15, -0.1) is 11.3 Å². The molecule has 5 heteroatoms. The molecule has 0 saturated carbocycles. The summed E-state index contributed by atoms with van der Waals surface area (Å²) in [5, 5.41) is 2.11. The number of hydrogen-bond acceptors (Lipinski definition) is 3. The fourth-order valence-electron chi connectivity index (χ4n) is 2.54. The number of piperazine rings is 1. The van der Waals surface area contributed by atoms with Gasteiger partial charge in [0.05, 0.1) is 0 Å². The first kappa shape index (κ1) is 14.8. The van der Waals surface area contributed by atoms with E-state index in [0.717, 1.165) is 42.8 Å². The van der Waals surface area contributed by atoms with Crippen molar-refractivity contribution in [2.45, 2.75) is 6.54 Å². The highest BCUT2D eigenvalue weighted by molar-refractivity contribution is 9.10. The zero-order chi connectivity index (χ0) is 14.7. The Bertz CT molecular complexity index is 606. The molecule has 1 aliphatic heterocycles. The molecule has 110 valence electrons. The van der Waals surface area contributed by atoms with Crippen molar-refractivity contribution in [1.82, 2.24) is 9.80 Å². The van der Waals surface area contributed by atoms with Gasteiger partial charge in [-0.05, 0) is 29.6 Å². The molecule has 2 heterocycles. The zero-order valence-corrected chi connectivity index (χ0v) is 14.1. The number of hydrogen-bond donors (Lipinski definition) is 0. The van der Waals surface area contributed by atoms with Gasteiger partial charge >= 0.3 is 0 Å². The van der Waals surface area contributed by atoms with E-state index >= 15 is 0 Å². The van der Waals surface area contributed by atoms with Crippen LogP contribution in [0, 0.1) is 0 Å². The number of amides is 1. The Morgan fingerprint density at radius 2 is 1.95 bits per heavy atom. The maximum Gasteiger partial charge on any atom is 0.253 e. The molecule has 0 N–H and O–H groups in total. The average molecular weight is 365 g/mol. The fraction of sp³-hybridized carbons (Fsp3) is 0.312. The van der Waals surface area contributed by atoms with Crippen LogP contribution in [0.5, 0.6) is 0 Å². The maximum absolute atomic E-state index is 12.5. The summed E-state index contributed by atoms with van der Waals surface area (Å²) in [5.74, 6) is 0.132. The minimum Gasteiger partial charge on any atom is -0.336 e. The number of halogens is 1. The van der Waals surface area contributed by atoms with Crippen molar-refractivity contribution in [3.05, 3.63) is 56.7 Å². The molecule has 1 amide bonds. The Balaban J connectivity index is 1.57. The van der Waals surface area contributed by atoms with E-state index in [4.69, 9.17) is 0 Å². The summed E-state index contributed by atoms with van der Waals surface area (Å²) in [6.07, 6.45) is 0. The summed E-state index contributed by atoms with van der Waals surface area (Å²) < 4.78 is 0.949. The van der Waals surface area contributed by atoms with E-state index in [9.17, 15) is 4.79 Å². The van der Waals surface area contributed by atoms with E-state index < -0.39 is 0 Å². The first-order valence-electron chi connectivity index (χ1n) is 7.02. The van der Waals surface area contributed by atoms with Crippen LogP contribution in [0.4, 0.5) is 0 Å². The highest BCUT2D eigenvalue weighted by Crippen LogP contribution is 2.16. The molecule has 0 radical (unpaired) electrons. The predicted octanol–water partition coefficient (Wildman–Crippen LogP) is 3.47. The lowest BCUT2D eigenvalue weighted by molar-refractivity contribution is 0.0629. The first-order valence-corrected chi connectivity index (χ1v) is 8.69. The Labute approximate surface area is 137 Å². The molecule has 0 atom stereocenters. The zero-order valence-electron chi connectivity index (χ0n) is 11.7. The largest absolute Gasteiger partial charge is 0.336 e. The lowest BCUT2D eigenvalue weighted by Crippen LogP contribution is -2.48. The van der Waals surface area contributed by atoms with E-state index in [2.05, 4.69) is 38.3 Å². The van der Waals surface area contributed by atoms with Crippen LogP contribution in [-0.2, 0) is 6.54 Å². The summed E-state index contributed by atoms with van der Waals surface area (Å²) in [4.78, 5) is 18.2. The fourth-order valence-corrected chi connectivity index (χ4v) is 3.68. The lowest BCUT2D eigenvalue weighted by atomic mass is 10.2. The van der Waals surface area contributed by atoms with Crippen LogP contribution >= 0.6 is 27.3 Å². The van der Waals surface area contributed by atoms with Gasteiger partial charge in [0, 0.05) is 47.6 Å². The van der Waals surface area contributed by atoms with E-state index in [-0.39, 0.29) is 5.91 Å². The summed E-state index contributed by atoms with van der Waals surface area (Å²) in [7, 11) is 0. The van der Waals surface area contributed by atoms with Gasteiger partial charge in [-0.25, -0.2) is 0 Å². The molecule has 0 aliphatic carbocycles. The van der Waals surface area contributed by atoms with Gasteiger partial charge in [0.25, 0.3) is 5.91 Å². The molecular formula is C16H17BrN2OS. The summed E-state index contributed by atoms with van der Waals surface area (Å²) >= 11 is 5.21. The summed E-state index contributed by atoms with van der Waals surface area (Å²) in [5.41, 5.74) is 0.760. The minimum absolute atomic E-state index is 0.132. The number of carbonyl (C=O) groups is 1. The second-order valence-corrected chi connectivity index (χ2v) is 7.11. The minimum atomic E-state index is 0.132. The van der Waals surface area contributed by atoms with Crippen molar-refractivity contribution < 1.29 is 4.79 Å². The third-order valence-corrected chi connectivity index (χ3v) is 5.05. The van der Waals surface area contributed by atoms with Gasteiger partial charge in [0.1, 0.15) is 0 Å². The van der Waals surface area contributed by atoms with Crippen molar-refractivity contribution in [2.24, 2.45) is 0 Å². The molecule has 1 saturated heterocycles. The highest BCUT2D eigenvalue weighted by atomic mass is 79.9. The molecule has 0 bridgehead atoms. The Morgan fingerprint density at radius 1 is 1.14 bits per heavy atom. The smallest absolute Gasteiger partial charge is 0.253 e. The van der Waals surface area contributed by atoms with Crippen LogP contribution in [0.1, 0.15) is 15.2 Å². The molecule has 2 aromatic rings. The normalized spacial score (nSPS) is 16.1. The van der Waals surface area contributed by atoms with Crippen molar-refractivity contribution in [2.75, 3.05) is 26.2 Å². The van der Waals surface area contributed by atoms with E-state index in [1.807, 2.05) is 29.2 Å². The first-order chi connectivity index (χ1) is 10.2. The second-order valence-electron chi connectivity index (χ2n) is 5.16. The monoisotopic (exact) mass is 364 g/mol. The molecule has 1 aliphatic rings. The van der Waals surface area contributed by atoms with Crippen LogP contribution < -0.4 is 0 Å². The van der Waals surface area contributed by atoms with E-state index in [0.29, 0.717) is 0 Å². The van der Waals surface area contributed by atoms with Crippen molar-refractivity contribution in [1.29, 1.82) is 0 Å². The van der Waals surface area contributed by atoms with Crippen LogP contribution in [0.15, 0.2) is 46.3 Å². The van der Waals surface area contributed by atoms with E-state index in [1.165, 1.54) is 4.88 Å². The predicted molar refractivity (Wildman–Crippen MR) is 89.6 cm³/mol. The quantitative estimate of drug-likeness (QED) is 0.832. The molecule has 1 aromatic heterocycles. The number of thiophene rings is 1. The molecule has 0 spiro atoms. The number of benzene rings is 1. The van der Waals surface area contributed by atoms with Crippen LogP contribution in [0.3, 0.4) is 0 Å². The average Bonchev–Trinajstić information content (AvgIpc) is 3.00. The standard InChI is InChI=1S/C16H17BrN2OS/c17-14-4-1-3-13(11-14)16(20)19-8-6-18(7-9-19)12-15-5-2-10-21-15/h1-5,10-11H,6-9,12H2. The van der Waals surface area contributed by atoms with Gasteiger partial charge in [-0.2, -0.15) is 0 Å². The molecule has 1 fully saturated rings. The third kappa shape index (κ3) is 3.73. The number of carbonyl (C=O) groups excluding carboxylic acids is 1. The molecule has 21 heavy (non-hydrogen) atoms. The van der Waals surface area contributed by atoms with Crippen LogP contribution in [-0.4, -0.2) is 41.9 Å². The van der Waals surface area contributed by atoms with Crippen LogP contribution in [0.2, 0.25) is 0 Å². The van der Waals surface area contributed by atoms with Gasteiger partial charge in [-0.3, -0.25) is 9.69 Å². The van der Waals surface area contributed by atoms with Gasteiger partial charge < -0.3 is 4.90 Å². The molecule has 3 rings (SSSR count). The summed E-state index contributed by atoms with van der Waals surface area (Å²) in [6, 6.07) is 11.9. The van der Waals surface area contributed by atoms with Crippen molar-refractivity contribution in [3.63, 3.8) is 0 Å². The second kappa shape index (κ2) is 6.73. The van der Waals surface area contributed by atoms with Gasteiger partial charge in [0.2, 0.25) is 0 Å². The Morgan fingerprint density at radius 3 is 2.62 bits per heavy atom. The molecule has 3 nitrogen and oxygen atoms in total. The SMILES string of the molecule is O=C(c1cccc(Br)c1)N1CCN(Cc2cccs2)CC1. The third-order valence-electron chi connectivity index (χ3n) is 3.69.